The van der Waals surface area contributed by atoms with Gasteiger partial charge in [0.2, 0.25) is 0 Å². The van der Waals surface area contributed by atoms with Crippen LogP contribution in [0, 0.1) is 5.41 Å². The Hall–Kier alpha value is -1.95. The number of carbonyl (C=O) groups is 1. The van der Waals surface area contributed by atoms with Gasteiger partial charge in [0.25, 0.3) is 5.91 Å². The third kappa shape index (κ3) is 3.21. The molecule has 0 radical (unpaired) electrons. The lowest BCUT2D eigenvalue weighted by Crippen LogP contribution is -2.36. The number of H-pyrrole nitrogens is 1. The molecule has 1 aliphatic rings. The summed E-state index contributed by atoms with van der Waals surface area (Å²) in [7, 11) is 0. The monoisotopic (exact) mass is 302 g/mol. The number of nitrogens with zero attached hydrogens (tertiary/aromatic N) is 2. The summed E-state index contributed by atoms with van der Waals surface area (Å²) in [6.07, 6.45) is 10.9. The fourth-order valence-electron chi connectivity index (χ4n) is 2.44. The first kappa shape index (κ1) is 14.0. The normalized spacial score (nSPS) is 21.4. The molecule has 2 N–H and O–H groups in total. The van der Waals surface area contributed by atoms with E-state index >= 15 is 0 Å². The number of carbonyl (C=O) groups excluding carboxylic acids is 1. The average Bonchev–Trinajstić information content (AvgIpc) is 3.16. The Morgan fingerprint density at radius 3 is 3.14 bits per heavy atom. The molecule has 1 amide bonds. The molecule has 1 atom stereocenters. The van der Waals surface area contributed by atoms with E-state index in [1.807, 2.05) is 0 Å². The maximum absolute atomic E-state index is 12.2. The Balaban J connectivity index is 1.62. The van der Waals surface area contributed by atoms with Gasteiger partial charge in [0.1, 0.15) is 10.7 Å². The molecule has 1 aliphatic carbocycles. The summed E-state index contributed by atoms with van der Waals surface area (Å²) in [4.78, 5) is 23.5. The number of hydrogen-bond acceptors (Lipinski definition) is 4. The summed E-state index contributed by atoms with van der Waals surface area (Å²) < 4.78 is 0. The zero-order valence-electron chi connectivity index (χ0n) is 11.9. The number of imidazole rings is 1. The van der Waals surface area contributed by atoms with Crippen LogP contribution in [0.3, 0.4) is 0 Å². The molecule has 0 saturated carbocycles. The minimum absolute atomic E-state index is 0.104. The molecule has 3 rings (SSSR count). The maximum atomic E-state index is 12.2. The Morgan fingerprint density at radius 1 is 1.52 bits per heavy atom. The van der Waals surface area contributed by atoms with Gasteiger partial charge in [-0.1, -0.05) is 19.1 Å². The van der Waals surface area contributed by atoms with Gasteiger partial charge in [-0.15, -0.1) is 11.3 Å². The van der Waals surface area contributed by atoms with Crippen LogP contribution in [0.2, 0.25) is 0 Å². The predicted molar refractivity (Wildman–Crippen MR) is 83.1 cm³/mol. The van der Waals surface area contributed by atoms with E-state index in [1.54, 1.807) is 17.9 Å². The molecule has 6 heteroatoms. The van der Waals surface area contributed by atoms with E-state index in [0.29, 0.717) is 12.2 Å². The number of allylic oxidation sites excluding steroid dienone is 2. The second kappa shape index (κ2) is 5.81. The molecule has 2 aromatic rings. The second-order valence-electron chi connectivity index (χ2n) is 5.71. The highest BCUT2D eigenvalue weighted by Gasteiger charge is 2.25. The van der Waals surface area contributed by atoms with Crippen LogP contribution in [0.5, 0.6) is 0 Å². The molecule has 5 nitrogen and oxygen atoms in total. The SMILES string of the molecule is CC1(CNC(=O)c2csc(-c3cnc[nH]3)n2)CC=CCC1. The summed E-state index contributed by atoms with van der Waals surface area (Å²) >= 11 is 1.44. The van der Waals surface area contributed by atoms with Gasteiger partial charge in [0.15, 0.2) is 0 Å². The van der Waals surface area contributed by atoms with Gasteiger partial charge >= 0.3 is 0 Å². The minimum Gasteiger partial charge on any atom is -0.350 e. The van der Waals surface area contributed by atoms with Crippen molar-refractivity contribution in [3.05, 3.63) is 35.8 Å². The van der Waals surface area contributed by atoms with Crippen molar-refractivity contribution in [1.29, 1.82) is 0 Å². The standard InChI is InChI=1S/C15H18N4OS/c1-15(5-3-2-4-6-15)9-17-13(20)12-8-21-14(19-12)11-7-16-10-18-11/h2-3,7-8,10H,4-6,9H2,1H3,(H,16,18)(H,17,20). The molecule has 0 aromatic carbocycles. The lowest BCUT2D eigenvalue weighted by Gasteiger charge is -2.30. The number of thiazole rings is 1. The topological polar surface area (TPSA) is 70.7 Å². The molecular weight excluding hydrogens is 284 g/mol. The first-order valence-corrected chi connectivity index (χ1v) is 7.92. The maximum Gasteiger partial charge on any atom is 0.270 e. The quantitative estimate of drug-likeness (QED) is 0.853. The molecule has 0 bridgehead atoms. The Morgan fingerprint density at radius 2 is 2.43 bits per heavy atom. The molecule has 21 heavy (non-hydrogen) atoms. The molecule has 0 fully saturated rings. The highest BCUT2D eigenvalue weighted by atomic mass is 32.1. The van der Waals surface area contributed by atoms with Crippen LogP contribution < -0.4 is 5.32 Å². The zero-order chi connectivity index (χ0) is 14.7. The van der Waals surface area contributed by atoms with Crippen LogP contribution in [-0.4, -0.2) is 27.4 Å². The van der Waals surface area contributed by atoms with Crippen LogP contribution in [0.1, 0.15) is 36.7 Å². The minimum atomic E-state index is -0.104. The van der Waals surface area contributed by atoms with E-state index in [4.69, 9.17) is 0 Å². The van der Waals surface area contributed by atoms with E-state index in [9.17, 15) is 4.79 Å². The van der Waals surface area contributed by atoms with Gasteiger partial charge in [0.05, 0.1) is 18.2 Å². The van der Waals surface area contributed by atoms with Crippen molar-refractivity contribution < 1.29 is 4.79 Å². The van der Waals surface area contributed by atoms with Gasteiger partial charge in [-0.25, -0.2) is 9.97 Å². The third-order valence-corrected chi connectivity index (χ3v) is 4.71. The van der Waals surface area contributed by atoms with E-state index < -0.39 is 0 Å². The van der Waals surface area contributed by atoms with Crippen molar-refractivity contribution in [2.24, 2.45) is 5.41 Å². The lowest BCUT2D eigenvalue weighted by molar-refractivity contribution is 0.0926. The van der Waals surface area contributed by atoms with E-state index in [-0.39, 0.29) is 11.3 Å². The van der Waals surface area contributed by atoms with Gasteiger partial charge in [-0.3, -0.25) is 4.79 Å². The second-order valence-corrected chi connectivity index (χ2v) is 6.57. The number of nitrogens with one attached hydrogen (secondary N) is 2. The van der Waals surface area contributed by atoms with Crippen molar-refractivity contribution in [3.63, 3.8) is 0 Å². The number of aromatic nitrogens is 3. The van der Waals surface area contributed by atoms with Gasteiger partial charge in [0, 0.05) is 11.9 Å². The van der Waals surface area contributed by atoms with E-state index in [1.165, 1.54) is 11.3 Å². The van der Waals surface area contributed by atoms with Gasteiger partial charge in [-0.2, -0.15) is 0 Å². The average molecular weight is 302 g/mol. The first-order valence-electron chi connectivity index (χ1n) is 7.04. The molecule has 0 spiro atoms. The number of amides is 1. The Labute approximate surface area is 127 Å². The van der Waals surface area contributed by atoms with Crippen LogP contribution in [0.4, 0.5) is 0 Å². The third-order valence-electron chi connectivity index (χ3n) is 3.83. The van der Waals surface area contributed by atoms with Crippen LogP contribution in [0.25, 0.3) is 10.7 Å². The highest BCUT2D eigenvalue weighted by molar-refractivity contribution is 7.13. The van der Waals surface area contributed by atoms with Crippen molar-refractivity contribution in [3.8, 4) is 10.7 Å². The summed E-state index contributed by atoms with van der Waals surface area (Å²) in [6, 6.07) is 0. The van der Waals surface area contributed by atoms with Gasteiger partial charge < -0.3 is 10.3 Å². The summed E-state index contributed by atoms with van der Waals surface area (Å²) in [5.74, 6) is -0.104. The first-order chi connectivity index (χ1) is 10.2. The molecule has 0 saturated heterocycles. The molecule has 2 heterocycles. The van der Waals surface area contributed by atoms with Crippen molar-refractivity contribution in [2.75, 3.05) is 6.54 Å². The lowest BCUT2D eigenvalue weighted by atomic mass is 9.79. The van der Waals surface area contributed by atoms with Crippen molar-refractivity contribution in [2.45, 2.75) is 26.2 Å². The molecule has 0 aliphatic heterocycles. The zero-order valence-corrected chi connectivity index (χ0v) is 12.7. The summed E-state index contributed by atoms with van der Waals surface area (Å²) in [5.41, 5.74) is 1.47. The predicted octanol–water partition coefficient (Wildman–Crippen LogP) is 3.01. The Kier molecular flexibility index (Phi) is 3.88. The summed E-state index contributed by atoms with van der Waals surface area (Å²) in [6.45, 7) is 2.90. The molecular formula is C15H18N4OS. The fourth-order valence-corrected chi connectivity index (χ4v) is 3.21. The number of aromatic amines is 1. The van der Waals surface area contributed by atoms with Crippen molar-refractivity contribution in [1.82, 2.24) is 20.3 Å². The smallest absolute Gasteiger partial charge is 0.270 e. The van der Waals surface area contributed by atoms with Crippen LogP contribution >= 0.6 is 11.3 Å². The van der Waals surface area contributed by atoms with Gasteiger partial charge in [-0.05, 0) is 24.7 Å². The van der Waals surface area contributed by atoms with E-state index in [0.717, 1.165) is 30.0 Å². The molecule has 2 aromatic heterocycles. The fraction of sp³-hybridized carbons (Fsp3) is 0.400. The Bertz CT molecular complexity index is 646. The number of hydrogen-bond donors (Lipinski definition) is 2. The molecule has 1 unspecified atom stereocenters. The van der Waals surface area contributed by atoms with E-state index in [2.05, 4.69) is 39.3 Å². The highest BCUT2D eigenvalue weighted by Crippen LogP contribution is 2.31. The van der Waals surface area contributed by atoms with Crippen molar-refractivity contribution >= 4 is 17.2 Å². The number of rotatable bonds is 4. The van der Waals surface area contributed by atoms with Crippen LogP contribution in [-0.2, 0) is 0 Å². The van der Waals surface area contributed by atoms with Crippen LogP contribution in [0.15, 0.2) is 30.1 Å². The molecule has 110 valence electrons. The largest absolute Gasteiger partial charge is 0.350 e. The summed E-state index contributed by atoms with van der Waals surface area (Å²) in [5, 5.41) is 5.58.